The average Bonchev–Trinajstić information content (AvgIpc) is 2.73. The molecule has 2 heterocycles. The van der Waals surface area contributed by atoms with Crippen LogP contribution in [0.1, 0.15) is 19.5 Å². The zero-order valence-electron chi connectivity index (χ0n) is 9.32. The van der Waals surface area contributed by atoms with Crippen LogP contribution in [0.4, 0.5) is 5.69 Å². The van der Waals surface area contributed by atoms with E-state index in [0.29, 0.717) is 5.25 Å². The summed E-state index contributed by atoms with van der Waals surface area (Å²) in [6, 6.07) is 0. The summed E-state index contributed by atoms with van der Waals surface area (Å²) in [6.45, 7) is 5.21. The molecule has 2 rings (SSSR count). The van der Waals surface area contributed by atoms with Gasteiger partial charge in [0.15, 0.2) is 5.17 Å². The minimum Gasteiger partial charge on any atom is -0.332 e. The van der Waals surface area contributed by atoms with Crippen molar-refractivity contribution in [2.45, 2.75) is 25.5 Å². The van der Waals surface area contributed by atoms with Crippen LogP contribution >= 0.6 is 11.8 Å². The second-order valence-electron chi connectivity index (χ2n) is 3.72. The first-order valence-electron chi connectivity index (χ1n) is 5.19. The van der Waals surface area contributed by atoms with Crippen molar-refractivity contribution >= 4 is 22.6 Å². The van der Waals surface area contributed by atoms with E-state index < -0.39 is 0 Å². The topological polar surface area (TPSA) is 42.2 Å². The molecular formula is C10H16N4S. The zero-order valence-corrected chi connectivity index (χ0v) is 10.1. The number of nitrogens with one attached hydrogen (secondary N) is 1. The third-order valence-corrected chi connectivity index (χ3v) is 3.29. The molecule has 5 heteroatoms. The minimum atomic E-state index is 0.592. The van der Waals surface area contributed by atoms with Crippen LogP contribution in [0, 0.1) is 0 Å². The maximum atomic E-state index is 4.43. The van der Waals surface area contributed by atoms with E-state index in [4.69, 9.17) is 0 Å². The van der Waals surface area contributed by atoms with Gasteiger partial charge < -0.3 is 5.32 Å². The average molecular weight is 224 g/mol. The van der Waals surface area contributed by atoms with E-state index in [1.54, 1.807) is 11.8 Å². The third kappa shape index (κ3) is 2.34. The first-order valence-corrected chi connectivity index (χ1v) is 6.07. The molecule has 1 aliphatic rings. The summed E-state index contributed by atoms with van der Waals surface area (Å²) in [4.78, 5) is 4.43. The lowest BCUT2D eigenvalue weighted by molar-refractivity contribution is 0.746. The Morgan fingerprint density at radius 1 is 1.67 bits per heavy atom. The zero-order chi connectivity index (χ0) is 10.8. The van der Waals surface area contributed by atoms with Crippen molar-refractivity contribution < 1.29 is 0 Å². The van der Waals surface area contributed by atoms with Crippen molar-refractivity contribution in [3.63, 3.8) is 0 Å². The fourth-order valence-corrected chi connectivity index (χ4v) is 2.41. The molecule has 0 spiro atoms. The van der Waals surface area contributed by atoms with Gasteiger partial charge in [0.1, 0.15) is 0 Å². The third-order valence-electron chi connectivity index (χ3n) is 2.29. The number of aryl methyl sites for hydroxylation is 2. The number of amidine groups is 1. The molecule has 0 aromatic carbocycles. The summed E-state index contributed by atoms with van der Waals surface area (Å²) in [5.74, 6) is 0. The van der Waals surface area contributed by atoms with Crippen LogP contribution in [-0.4, -0.2) is 26.7 Å². The van der Waals surface area contributed by atoms with Gasteiger partial charge in [-0.15, -0.1) is 0 Å². The van der Waals surface area contributed by atoms with Gasteiger partial charge in [0.05, 0.1) is 17.9 Å². The molecule has 0 radical (unpaired) electrons. The lowest BCUT2D eigenvalue weighted by atomic mass is 10.3. The van der Waals surface area contributed by atoms with Gasteiger partial charge in [0.2, 0.25) is 0 Å². The fourth-order valence-electron chi connectivity index (χ4n) is 1.56. The Hall–Kier alpha value is -0.970. The quantitative estimate of drug-likeness (QED) is 0.834. The number of aromatic nitrogens is 2. The predicted molar refractivity (Wildman–Crippen MR) is 65.6 cm³/mol. The molecule has 4 nitrogen and oxygen atoms in total. The Morgan fingerprint density at radius 3 is 3.07 bits per heavy atom. The smallest absolute Gasteiger partial charge is 0.161 e. The van der Waals surface area contributed by atoms with Crippen molar-refractivity contribution in [2.24, 2.45) is 12.0 Å². The van der Waals surface area contributed by atoms with E-state index in [0.717, 1.165) is 29.5 Å². The molecule has 1 unspecified atom stereocenters. The second kappa shape index (κ2) is 4.26. The summed E-state index contributed by atoms with van der Waals surface area (Å²) in [5, 5.41) is 9.33. The predicted octanol–water partition coefficient (Wildman–Crippen LogP) is 1.89. The fraction of sp³-hybridized carbons (Fsp3) is 0.600. The molecule has 1 aromatic rings. The Bertz CT molecular complexity index is 383. The first kappa shape index (κ1) is 10.5. The lowest BCUT2D eigenvalue weighted by Gasteiger charge is -2.04. The molecular weight excluding hydrogens is 208 g/mol. The van der Waals surface area contributed by atoms with Gasteiger partial charge in [-0.2, -0.15) is 5.10 Å². The van der Waals surface area contributed by atoms with Crippen LogP contribution in [0.3, 0.4) is 0 Å². The van der Waals surface area contributed by atoms with E-state index in [9.17, 15) is 0 Å². The van der Waals surface area contributed by atoms with Crippen molar-refractivity contribution in [2.75, 3.05) is 11.9 Å². The van der Waals surface area contributed by atoms with Gasteiger partial charge in [0, 0.05) is 18.5 Å². The van der Waals surface area contributed by atoms with Gasteiger partial charge in [-0.1, -0.05) is 25.6 Å². The van der Waals surface area contributed by atoms with E-state index in [2.05, 4.69) is 29.3 Å². The van der Waals surface area contributed by atoms with Crippen LogP contribution in [0.25, 0.3) is 0 Å². The van der Waals surface area contributed by atoms with Gasteiger partial charge >= 0.3 is 0 Å². The Balaban J connectivity index is 2.10. The molecule has 0 bridgehead atoms. The van der Waals surface area contributed by atoms with Crippen LogP contribution in [-0.2, 0) is 13.5 Å². The van der Waals surface area contributed by atoms with Crippen molar-refractivity contribution in [1.29, 1.82) is 0 Å². The van der Waals surface area contributed by atoms with E-state index in [-0.39, 0.29) is 0 Å². The Labute approximate surface area is 94.2 Å². The van der Waals surface area contributed by atoms with Gasteiger partial charge in [-0.05, 0) is 6.42 Å². The molecule has 0 aliphatic carbocycles. The summed E-state index contributed by atoms with van der Waals surface area (Å²) >= 11 is 1.79. The lowest BCUT2D eigenvalue weighted by Crippen LogP contribution is -2.06. The number of hydrogen-bond donors (Lipinski definition) is 1. The molecule has 1 N–H and O–H groups in total. The van der Waals surface area contributed by atoms with Gasteiger partial charge in [0.25, 0.3) is 0 Å². The van der Waals surface area contributed by atoms with Crippen LogP contribution in [0.15, 0.2) is 11.2 Å². The number of anilines is 1. The highest BCUT2D eigenvalue weighted by Gasteiger charge is 2.16. The normalized spacial score (nSPS) is 20.5. The number of thioether (sulfide) groups is 1. The molecule has 0 fully saturated rings. The molecule has 82 valence electrons. The van der Waals surface area contributed by atoms with E-state index in [1.807, 2.05) is 17.9 Å². The summed E-state index contributed by atoms with van der Waals surface area (Å²) < 4.78 is 1.84. The standard InChI is InChI=1S/C10H16N4S/c1-4-8-9(6-14(3)13-8)12-10-11-5-7(2)15-10/h6-7H,4-5H2,1-3H3,(H,11,12). The Morgan fingerprint density at radius 2 is 2.47 bits per heavy atom. The molecule has 1 aromatic heterocycles. The summed E-state index contributed by atoms with van der Waals surface area (Å²) in [6.07, 6.45) is 2.95. The molecule has 15 heavy (non-hydrogen) atoms. The molecule has 0 saturated heterocycles. The van der Waals surface area contributed by atoms with Crippen LogP contribution in [0.2, 0.25) is 0 Å². The highest BCUT2D eigenvalue weighted by atomic mass is 32.2. The van der Waals surface area contributed by atoms with E-state index in [1.165, 1.54) is 0 Å². The molecule has 1 aliphatic heterocycles. The maximum absolute atomic E-state index is 4.43. The minimum absolute atomic E-state index is 0.592. The summed E-state index contributed by atoms with van der Waals surface area (Å²) in [7, 11) is 1.94. The molecule has 0 amide bonds. The number of aliphatic imine (C=N–C) groups is 1. The monoisotopic (exact) mass is 224 g/mol. The maximum Gasteiger partial charge on any atom is 0.161 e. The first-order chi connectivity index (χ1) is 7.19. The largest absolute Gasteiger partial charge is 0.332 e. The highest BCUT2D eigenvalue weighted by molar-refractivity contribution is 8.15. The highest BCUT2D eigenvalue weighted by Crippen LogP contribution is 2.23. The van der Waals surface area contributed by atoms with Crippen molar-refractivity contribution in [1.82, 2.24) is 9.78 Å². The van der Waals surface area contributed by atoms with Crippen LogP contribution < -0.4 is 5.32 Å². The Kier molecular flexibility index (Phi) is 3.00. The number of hydrogen-bond acceptors (Lipinski definition) is 4. The van der Waals surface area contributed by atoms with Crippen molar-refractivity contribution in [3.05, 3.63) is 11.9 Å². The SMILES string of the molecule is CCc1nn(C)cc1NC1=NCC(C)S1. The van der Waals surface area contributed by atoms with Gasteiger partial charge in [-0.3, -0.25) is 9.67 Å². The molecule has 0 saturated carbocycles. The molecule has 1 atom stereocenters. The number of rotatable bonds is 2. The number of nitrogens with zero attached hydrogens (tertiary/aromatic N) is 3. The summed E-state index contributed by atoms with van der Waals surface area (Å²) in [5.41, 5.74) is 2.18. The van der Waals surface area contributed by atoms with Crippen LogP contribution in [0.5, 0.6) is 0 Å². The second-order valence-corrected chi connectivity index (χ2v) is 5.14. The van der Waals surface area contributed by atoms with E-state index >= 15 is 0 Å². The van der Waals surface area contributed by atoms with Crippen molar-refractivity contribution in [3.8, 4) is 0 Å². The van der Waals surface area contributed by atoms with Gasteiger partial charge in [-0.25, -0.2) is 0 Å².